The van der Waals surface area contributed by atoms with Gasteiger partial charge in [0.1, 0.15) is 0 Å². The number of aliphatic hydroxyl groups is 1. The Morgan fingerprint density at radius 3 is 2.58 bits per heavy atom. The molecule has 2 aliphatic heterocycles. The van der Waals surface area contributed by atoms with Crippen LogP contribution in [0.5, 0.6) is 11.5 Å². The molecule has 0 radical (unpaired) electrons. The van der Waals surface area contributed by atoms with Crippen molar-refractivity contribution in [1.82, 2.24) is 9.80 Å². The average Bonchev–Trinajstić information content (AvgIpc) is 3.21. The van der Waals surface area contributed by atoms with E-state index in [0.717, 1.165) is 56.6 Å². The maximum atomic E-state index is 10.6. The number of benzene rings is 1. The molecule has 2 heterocycles. The van der Waals surface area contributed by atoms with Crippen LogP contribution >= 0.6 is 0 Å². The highest BCUT2D eigenvalue weighted by atomic mass is 16.7. The number of hydrogen-bond donors (Lipinski definition) is 1. The largest absolute Gasteiger partial charge is 0.454 e. The molecule has 174 valence electrons. The van der Waals surface area contributed by atoms with Crippen LogP contribution in [0.1, 0.15) is 45.6 Å². The number of rotatable bonds is 8. The Bertz CT molecular complexity index is 705. The summed E-state index contributed by atoms with van der Waals surface area (Å²) in [5, 5.41) is 10.6. The second-order valence-electron chi connectivity index (χ2n) is 10.1. The summed E-state index contributed by atoms with van der Waals surface area (Å²) >= 11 is 0. The van der Waals surface area contributed by atoms with Gasteiger partial charge in [0.15, 0.2) is 11.5 Å². The molecule has 0 unspecified atom stereocenters. The predicted octanol–water partition coefficient (Wildman–Crippen LogP) is 3.37. The second kappa shape index (κ2) is 10.5. The number of fused-ring (bicyclic) bond motifs is 1. The Kier molecular flexibility index (Phi) is 7.75. The van der Waals surface area contributed by atoms with E-state index in [4.69, 9.17) is 14.2 Å². The zero-order valence-electron chi connectivity index (χ0n) is 19.5. The Hall–Kier alpha value is -1.34. The van der Waals surface area contributed by atoms with Gasteiger partial charge in [-0.3, -0.25) is 9.80 Å². The first-order chi connectivity index (χ1) is 15.0. The van der Waals surface area contributed by atoms with Gasteiger partial charge in [0.05, 0.1) is 18.8 Å². The van der Waals surface area contributed by atoms with Crippen molar-refractivity contribution in [2.75, 3.05) is 46.1 Å². The maximum absolute atomic E-state index is 10.6. The molecular weight excluding hydrogens is 392 g/mol. The molecular formula is C25H40N2O4. The topological polar surface area (TPSA) is 54.4 Å². The summed E-state index contributed by atoms with van der Waals surface area (Å²) < 4.78 is 17.1. The van der Waals surface area contributed by atoms with E-state index in [1.807, 2.05) is 6.07 Å². The van der Waals surface area contributed by atoms with Gasteiger partial charge < -0.3 is 19.3 Å². The summed E-state index contributed by atoms with van der Waals surface area (Å²) in [4.78, 5) is 4.83. The molecule has 3 aliphatic rings. The van der Waals surface area contributed by atoms with Gasteiger partial charge in [-0.15, -0.1) is 0 Å². The standard InChI is InChI=1S/C25H40N2O4/c1-18(2)22-6-4-19(3)12-24(22)29-16-21(28)15-27-10-8-26(9-11-27)14-20-5-7-23-25(13-20)31-17-30-23/h5,7,13,18-19,21-22,24,28H,4,6,8-12,14-17H2,1-3H3/t19-,21+,22-,24+/m1/s1. The van der Waals surface area contributed by atoms with Crippen molar-refractivity contribution < 1.29 is 19.3 Å². The van der Waals surface area contributed by atoms with E-state index in [0.29, 0.717) is 37.9 Å². The van der Waals surface area contributed by atoms with E-state index >= 15 is 0 Å². The van der Waals surface area contributed by atoms with Gasteiger partial charge in [-0.05, 0) is 48.3 Å². The molecule has 31 heavy (non-hydrogen) atoms. The number of nitrogens with zero attached hydrogens (tertiary/aromatic N) is 2. The van der Waals surface area contributed by atoms with Crippen molar-refractivity contribution in [3.8, 4) is 11.5 Å². The summed E-state index contributed by atoms with van der Waals surface area (Å²) in [6.07, 6.45) is 3.59. The fraction of sp³-hybridized carbons (Fsp3) is 0.760. The van der Waals surface area contributed by atoms with E-state index in [1.165, 1.54) is 18.4 Å². The Balaban J connectivity index is 1.17. The first-order valence-corrected chi connectivity index (χ1v) is 12.1. The van der Waals surface area contributed by atoms with Crippen LogP contribution in [0.25, 0.3) is 0 Å². The fourth-order valence-electron chi connectivity index (χ4n) is 5.32. The van der Waals surface area contributed by atoms with Gasteiger partial charge in [0.2, 0.25) is 6.79 Å². The SMILES string of the molecule is CC(C)[C@H]1CC[C@@H](C)C[C@@H]1OC[C@@H](O)CN1CCN(Cc2ccc3c(c2)OCO3)CC1. The van der Waals surface area contributed by atoms with E-state index < -0.39 is 6.10 Å². The molecule has 0 amide bonds. The van der Waals surface area contributed by atoms with Gasteiger partial charge in [0, 0.05) is 39.3 Å². The Labute approximate surface area is 187 Å². The van der Waals surface area contributed by atoms with Crippen molar-refractivity contribution in [1.29, 1.82) is 0 Å². The zero-order valence-corrected chi connectivity index (χ0v) is 19.5. The van der Waals surface area contributed by atoms with Crippen molar-refractivity contribution in [2.24, 2.45) is 17.8 Å². The third-order valence-electron chi connectivity index (χ3n) is 7.24. The molecule has 1 saturated heterocycles. The zero-order chi connectivity index (χ0) is 21.8. The first kappa shape index (κ1) is 22.8. The van der Waals surface area contributed by atoms with Crippen LogP contribution < -0.4 is 9.47 Å². The van der Waals surface area contributed by atoms with Crippen molar-refractivity contribution in [3.63, 3.8) is 0 Å². The molecule has 1 aliphatic carbocycles. The average molecular weight is 433 g/mol. The first-order valence-electron chi connectivity index (χ1n) is 12.1. The summed E-state index contributed by atoms with van der Waals surface area (Å²) in [5.74, 6) is 3.70. The molecule has 4 atom stereocenters. The van der Waals surface area contributed by atoms with Gasteiger partial charge in [-0.1, -0.05) is 33.3 Å². The third-order valence-corrected chi connectivity index (χ3v) is 7.24. The van der Waals surface area contributed by atoms with Gasteiger partial charge >= 0.3 is 0 Å². The van der Waals surface area contributed by atoms with Crippen molar-refractivity contribution in [3.05, 3.63) is 23.8 Å². The molecule has 0 aromatic heterocycles. The van der Waals surface area contributed by atoms with E-state index in [9.17, 15) is 5.11 Å². The van der Waals surface area contributed by atoms with E-state index in [-0.39, 0.29) is 0 Å². The normalized spacial score (nSPS) is 28.2. The minimum Gasteiger partial charge on any atom is -0.454 e. The molecule has 1 saturated carbocycles. The number of β-amino-alcohol motifs (C(OH)–C–C–N with tert-alkyl or cyclic N) is 1. The number of hydrogen-bond acceptors (Lipinski definition) is 6. The number of piperazine rings is 1. The molecule has 1 N–H and O–H groups in total. The third kappa shape index (κ3) is 6.13. The lowest BCUT2D eigenvalue weighted by Gasteiger charge is -2.38. The van der Waals surface area contributed by atoms with Gasteiger partial charge in [0.25, 0.3) is 0 Å². The molecule has 6 nitrogen and oxygen atoms in total. The van der Waals surface area contributed by atoms with E-state index in [2.05, 4.69) is 42.7 Å². The van der Waals surface area contributed by atoms with Crippen molar-refractivity contribution >= 4 is 0 Å². The highest BCUT2D eigenvalue weighted by Gasteiger charge is 2.32. The molecule has 1 aromatic carbocycles. The lowest BCUT2D eigenvalue weighted by Crippen LogP contribution is -2.49. The molecule has 6 heteroatoms. The summed E-state index contributed by atoms with van der Waals surface area (Å²) in [5.41, 5.74) is 1.26. The molecule has 0 spiro atoms. The van der Waals surface area contributed by atoms with Gasteiger partial charge in [-0.2, -0.15) is 0 Å². The second-order valence-corrected chi connectivity index (χ2v) is 10.1. The van der Waals surface area contributed by atoms with E-state index in [1.54, 1.807) is 0 Å². The fourth-order valence-corrected chi connectivity index (χ4v) is 5.32. The smallest absolute Gasteiger partial charge is 0.231 e. The van der Waals surface area contributed by atoms with Crippen LogP contribution in [0.3, 0.4) is 0 Å². The van der Waals surface area contributed by atoms with Crippen molar-refractivity contribution in [2.45, 2.75) is 58.8 Å². The lowest BCUT2D eigenvalue weighted by molar-refractivity contribution is -0.0755. The summed E-state index contributed by atoms with van der Waals surface area (Å²) in [6.45, 7) is 13.3. The van der Waals surface area contributed by atoms with Crippen LogP contribution in [0.4, 0.5) is 0 Å². The van der Waals surface area contributed by atoms with Gasteiger partial charge in [-0.25, -0.2) is 0 Å². The highest BCUT2D eigenvalue weighted by Crippen LogP contribution is 2.35. The Morgan fingerprint density at radius 2 is 1.81 bits per heavy atom. The van der Waals surface area contributed by atoms with Crippen LogP contribution in [0.15, 0.2) is 18.2 Å². The molecule has 0 bridgehead atoms. The minimum absolute atomic E-state index is 0.303. The molecule has 4 rings (SSSR count). The lowest BCUT2D eigenvalue weighted by atomic mass is 9.75. The summed E-state index contributed by atoms with van der Waals surface area (Å²) in [6, 6.07) is 6.21. The predicted molar refractivity (Wildman–Crippen MR) is 121 cm³/mol. The quantitative estimate of drug-likeness (QED) is 0.680. The van der Waals surface area contributed by atoms with Crippen LogP contribution in [-0.4, -0.2) is 73.2 Å². The minimum atomic E-state index is -0.412. The van der Waals surface area contributed by atoms with Crippen LogP contribution in [0.2, 0.25) is 0 Å². The number of ether oxygens (including phenoxy) is 3. The molecule has 2 fully saturated rings. The van der Waals surface area contributed by atoms with Crippen LogP contribution in [0, 0.1) is 17.8 Å². The number of aliphatic hydroxyl groups excluding tert-OH is 1. The maximum Gasteiger partial charge on any atom is 0.231 e. The monoisotopic (exact) mass is 432 g/mol. The van der Waals surface area contributed by atoms with Crippen LogP contribution in [-0.2, 0) is 11.3 Å². The Morgan fingerprint density at radius 1 is 1.06 bits per heavy atom. The molecule has 1 aromatic rings. The summed E-state index contributed by atoms with van der Waals surface area (Å²) in [7, 11) is 0. The highest BCUT2D eigenvalue weighted by molar-refractivity contribution is 5.44.